The highest BCUT2D eigenvalue weighted by Crippen LogP contribution is 2.10. The first-order chi connectivity index (χ1) is 11.1. The van der Waals surface area contributed by atoms with Crippen molar-refractivity contribution in [3.05, 3.63) is 51.2 Å². The number of aromatic nitrogens is 1. The number of rotatable bonds is 5. The molecular formula is C16H18FN5S. The van der Waals surface area contributed by atoms with Crippen LogP contribution in [-0.4, -0.2) is 24.5 Å². The number of aliphatic imine (C=N–C) groups is 1. The smallest absolute Gasteiger partial charge is 0.191 e. The third kappa shape index (κ3) is 5.04. The molecule has 0 aliphatic heterocycles. The summed E-state index contributed by atoms with van der Waals surface area (Å²) in [5.74, 6) is 0.200. The number of aryl methyl sites for hydroxylation is 1. The molecular weight excluding hydrogens is 313 g/mol. The van der Waals surface area contributed by atoms with E-state index in [4.69, 9.17) is 5.26 Å². The quantitative estimate of drug-likeness (QED) is 0.652. The van der Waals surface area contributed by atoms with Gasteiger partial charge in [0.05, 0.1) is 22.3 Å². The predicted molar refractivity (Wildman–Crippen MR) is 89.9 cm³/mol. The third-order valence-corrected chi connectivity index (χ3v) is 4.01. The van der Waals surface area contributed by atoms with Crippen LogP contribution in [0.3, 0.4) is 0 Å². The Balaban J connectivity index is 1.82. The number of nitriles is 1. The molecule has 0 bridgehead atoms. The van der Waals surface area contributed by atoms with Gasteiger partial charge in [0.2, 0.25) is 0 Å². The van der Waals surface area contributed by atoms with E-state index in [-0.39, 0.29) is 0 Å². The van der Waals surface area contributed by atoms with E-state index < -0.39 is 5.82 Å². The van der Waals surface area contributed by atoms with Gasteiger partial charge >= 0.3 is 0 Å². The van der Waals surface area contributed by atoms with Gasteiger partial charge in [-0.1, -0.05) is 6.07 Å². The minimum Gasteiger partial charge on any atom is -0.356 e. The Bertz CT molecular complexity index is 732. The molecule has 0 spiro atoms. The summed E-state index contributed by atoms with van der Waals surface area (Å²) in [4.78, 5) is 8.50. The monoisotopic (exact) mass is 331 g/mol. The number of nitrogens with one attached hydrogen (secondary N) is 2. The molecule has 0 saturated heterocycles. The summed E-state index contributed by atoms with van der Waals surface area (Å²) in [5, 5.41) is 18.1. The van der Waals surface area contributed by atoms with Gasteiger partial charge < -0.3 is 10.6 Å². The first kappa shape index (κ1) is 16.9. The number of hydrogen-bond donors (Lipinski definition) is 2. The first-order valence-electron chi connectivity index (χ1n) is 7.16. The van der Waals surface area contributed by atoms with Crippen LogP contribution in [0.1, 0.15) is 21.8 Å². The second-order valence-electron chi connectivity index (χ2n) is 4.88. The number of halogens is 1. The minimum absolute atomic E-state index is 0.299. The number of nitrogens with zero attached hydrogens (tertiary/aromatic N) is 3. The fourth-order valence-corrected chi connectivity index (χ4v) is 2.64. The average molecular weight is 331 g/mol. The Morgan fingerprint density at radius 3 is 2.87 bits per heavy atom. The molecule has 23 heavy (non-hydrogen) atoms. The highest BCUT2D eigenvalue weighted by atomic mass is 32.1. The number of thiazole rings is 1. The second kappa shape index (κ2) is 8.25. The first-order valence-corrected chi connectivity index (χ1v) is 8.04. The lowest BCUT2D eigenvalue weighted by Crippen LogP contribution is -2.38. The molecule has 0 saturated carbocycles. The highest BCUT2D eigenvalue weighted by Gasteiger charge is 2.05. The van der Waals surface area contributed by atoms with Crippen molar-refractivity contribution in [3.63, 3.8) is 0 Å². The molecule has 1 heterocycles. The SMILES string of the molecule is CN=C(NCCc1csc(C)n1)NCc1ccc(C#N)cc1F. The van der Waals surface area contributed by atoms with Gasteiger partial charge in [0.1, 0.15) is 5.82 Å². The van der Waals surface area contributed by atoms with Crippen molar-refractivity contribution in [1.29, 1.82) is 5.26 Å². The van der Waals surface area contributed by atoms with Crippen molar-refractivity contribution in [2.24, 2.45) is 4.99 Å². The Morgan fingerprint density at radius 1 is 1.43 bits per heavy atom. The average Bonchev–Trinajstić information content (AvgIpc) is 2.97. The molecule has 7 heteroatoms. The molecule has 5 nitrogen and oxygen atoms in total. The van der Waals surface area contributed by atoms with Crippen molar-refractivity contribution >= 4 is 17.3 Å². The molecule has 0 aliphatic rings. The van der Waals surface area contributed by atoms with E-state index in [9.17, 15) is 4.39 Å². The van der Waals surface area contributed by atoms with Crippen LogP contribution < -0.4 is 10.6 Å². The van der Waals surface area contributed by atoms with Crippen LogP contribution in [0.25, 0.3) is 0 Å². The normalized spacial score (nSPS) is 11.1. The van der Waals surface area contributed by atoms with E-state index in [1.807, 2.05) is 18.4 Å². The van der Waals surface area contributed by atoms with E-state index >= 15 is 0 Å². The summed E-state index contributed by atoms with van der Waals surface area (Å²) < 4.78 is 13.8. The Kier molecular flexibility index (Phi) is 6.06. The van der Waals surface area contributed by atoms with E-state index in [0.717, 1.165) is 17.1 Å². The topological polar surface area (TPSA) is 73.1 Å². The van der Waals surface area contributed by atoms with Crippen molar-refractivity contribution in [2.75, 3.05) is 13.6 Å². The Labute approximate surface area is 138 Å². The van der Waals surface area contributed by atoms with Crippen LogP contribution in [-0.2, 0) is 13.0 Å². The molecule has 2 N–H and O–H groups in total. The fourth-order valence-electron chi connectivity index (χ4n) is 1.99. The van der Waals surface area contributed by atoms with Crippen molar-refractivity contribution in [1.82, 2.24) is 15.6 Å². The van der Waals surface area contributed by atoms with Gasteiger partial charge in [0, 0.05) is 37.5 Å². The molecule has 0 radical (unpaired) electrons. The molecule has 0 atom stereocenters. The lowest BCUT2D eigenvalue weighted by atomic mass is 10.1. The van der Waals surface area contributed by atoms with E-state index in [1.54, 1.807) is 30.5 Å². The molecule has 2 rings (SSSR count). The van der Waals surface area contributed by atoms with Crippen LogP contribution in [0.4, 0.5) is 4.39 Å². The van der Waals surface area contributed by atoms with Crippen LogP contribution in [0.2, 0.25) is 0 Å². The van der Waals surface area contributed by atoms with Crippen LogP contribution in [0, 0.1) is 24.1 Å². The third-order valence-electron chi connectivity index (χ3n) is 3.19. The summed E-state index contributed by atoms with van der Waals surface area (Å²) in [7, 11) is 1.66. The number of guanidine groups is 1. The molecule has 0 fully saturated rings. The lowest BCUT2D eigenvalue weighted by Gasteiger charge is -2.12. The van der Waals surface area contributed by atoms with E-state index in [1.165, 1.54) is 6.07 Å². The van der Waals surface area contributed by atoms with Crippen molar-refractivity contribution in [3.8, 4) is 6.07 Å². The van der Waals surface area contributed by atoms with Crippen molar-refractivity contribution in [2.45, 2.75) is 19.9 Å². The van der Waals surface area contributed by atoms with Gasteiger partial charge in [-0.2, -0.15) is 5.26 Å². The maximum absolute atomic E-state index is 13.8. The standard InChI is InChI=1S/C16H18FN5S/c1-11-22-14(10-23-11)5-6-20-16(19-2)21-9-13-4-3-12(8-18)7-15(13)17/h3-4,7,10H,5-6,9H2,1-2H3,(H2,19,20,21). The van der Waals surface area contributed by atoms with Crippen LogP contribution in [0.5, 0.6) is 0 Å². The summed E-state index contributed by atoms with van der Waals surface area (Å²) >= 11 is 1.63. The molecule has 2 aromatic rings. The van der Waals surface area contributed by atoms with Crippen molar-refractivity contribution < 1.29 is 4.39 Å². The maximum atomic E-state index is 13.8. The molecule has 1 aromatic carbocycles. The van der Waals surface area contributed by atoms with Gasteiger partial charge in [0.25, 0.3) is 0 Å². The van der Waals surface area contributed by atoms with E-state index in [2.05, 4.69) is 20.6 Å². The van der Waals surface area contributed by atoms with Gasteiger partial charge in [-0.25, -0.2) is 9.37 Å². The Hall–Kier alpha value is -2.46. The zero-order valence-electron chi connectivity index (χ0n) is 13.1. The zero-order chi connectivity index (χ0) is 16.7. The molecule has 120 valence electrons. The zero-order valence-corrected chi connectivity index (χ0v) is 13.9. The second-order valence-corrected chi connectivity index (χ2v) is 5.94. The van der Waals surface area contributed by atoms with Gasteiger partial charge in [0.15, 0.2) is 5.96 Å². The molecule has 1 aromatic heterocycles. The predicted octanol–water partition coefficient (Wildman–Crippen LogP) is 2.37. The van der Waals surface area contributed by atoms with Gasteiger partial charge in [-0.15, -0.1) is 11.3 Å². The van der Waals surface area contributed by atoms with Gasteiger partial charge in [-0.3, -0.25) is 4.99 Å². The Morgan fingerprint density at radius 2 is 2.26 bits per heavy atom. The molecule has 0 unspecified atom stereocenters. The van der Waals surface area contributed by atoms with Crippen LogP contribution >= 0.6 is 11.3 Å². The summed E-state index contributed by atoms with van der Waals surface area (Å²) in [6.45, 7) is 2.97. The summed E-state index contributed by atoms with van der Waals surface area (Å²) in [6.07, 6.45) is 0.802. The number of benzene rings is 1. The molecule has 0 amide bonds. The van der Waals surface area contributed by atoms with Crippen LogP contribution in [0.15, 0.2) is 28.6 Å². The maximum Gasteiger partial charge on any atom is 0.191 e. The molecule has 0 aliphatic carbocycles. The van der Waals surface area contributed by atoms with E-state index in [0.29, 0.717) is 30.2 Å². The fraction of sp³-hybridized carbons (Fsp3) is 0.312. The largest absolute Gasteiger partial charge is 0.356 e. The summed E-state index contributed by atoms with van der Waals surface area (Å²) in [5.41, 5.74) is 1.85. The summed E-state index contributed by atoms with van der Waals surface area (Å²) in [6, 6.07) is 6.35. The van der Waals surface area contributed by atoms with Gasteiger partial charge in [-0.05, 0) is 19.1 Å². The lowest BCUT2D eigenvalue weighted by molar-refractivity contribution is 0.604. The minimum atomic E-state index is -0.398. The number of hydrogen-bond acceptors (Lipinski definition) is 4. The highest BCUT2D eigenvalue weighted by molar-refractivity contribution is 7.09.